The highest BCUT2D eigenvalue weighted by Gasteiger charge is 2.63. The minimum atomic E-state index is -1.06. The number of carbonyl (C=O) groups excluding carboxylic acids is 1. The van der Waals surface area contributed by atoms with Crippen molar-refractivity contribution < 1.29 is 14.3 Å². The number of carbonyl (C=O) groups is 1. The van der Waals surface area contributed by atoms with Crippen molar-refractivity contribution in [1.82, 2.24) is 0 Å². The zero-order valence-electron chi connectivity index (χ0n) is 17.6. The summed E-state index contributed by atoms with van der Waals surface area (Å²) in [6.45, 7) is 6.47. The maximum absolute atomic E-state index is 12.3. The van der Waals surface area contributed by atoms with Gasteiger partial charge in [-0.05, 0) is 56.6 Å². The number of terminal acetylenes is 1. The molecule has 0 bridgehead atoms. The topological polar surface area (TPSA) is 50.4 Å². The second-order valence-corrected chi connectivity index (χ2v) is 10.2. The smallest absolute Gasteiger partial charge is 0.137 e. The lowest BCUT2D eigenvalue weighted by Crippen LogP contribution is -2.51. The van der Waals surface area contributed by atoms with Crippen molar-refractivity contribution in [2.24, 2.45) is 22.7 Å². The molecular formula is C26H30O3. The Morgan fingerprint density at radius 3 is 2.76 bits per heavy atom. The number of ketones is 1. The van der Waals surface area contributed by atoms with Crippen LogP contribution in [0.15, 0.2) is 39.8 Å². The maximum atomic E-state index is 12.3. The van der Waals surface area contributed by atoms with Crippen molar-refractivity contribution in [2.75, 3.05) is 0 Å². The highest BCUT2D eigenvalue weighted by atomic mass is 16.3. The molecule has 0 aliphatic heterocycles. The SMILES string of the molecule is C#C[C@]1(O)CCC2C3C(=CC[C@@]21C)[C@@]1(C)CCC(=O)CC1=CC3c1ccc(C)o1. The van der Waals surface area contributed by atoms with Gasteiger partial charge in [-0.2, -0.15) is 0 Å². The first-order valence-corrected chi connectivity index (χ1v) is 10.9. The number of allylic oxidation sites excluding steroid dienone is 4. The van der Waals surface area contributed by atoms with Crippen LogP contribution >= 0.6 is 0 Å². The summed E-state index contributed by atoms with van der Waals surface area (Å²) in [6.07, 6.45) is 15.0. The zero-order valence-corrected chi connectivity index (χ0v) is 17.6. The lowest BCUT2D eigenvalue weighted by molar-refractivity contribution is -0.120. The minimum Gasteiger partial charge on any atom is -0.466 e. The number of furan rings is 1. The lowest BCUT2D eigenvalue weighted by atomic mass is 9.49. The maximum Gasteiger partial charge on any atom is 0.137 e. The Kier molecular flexibility index (Phi) is 3.91. The van der Waals surface area contributed by atoms with Crippen molar-refractivity contribution >= 4 is 5.78 Å². The van der Waals surface area contributed by atoms with Gasteiger partial charge < -0.3 is 9.52 Å². The van der Waals surface area contributed by atoms with Gasteiger partial charge in [0.15, 0.2) is 0 Å². The lowest BCUT2D eigenvalue weighted by Gasteiger charge is -2.55. The van der Waals surface area contributed by atoms with Crippen molar-refractivity contribution in [2.45, 2.75) is 70.8 Å². The third-order valence-electron chi connectivity index (χ3n) is 8.85. The molecule has 0 aromatic carbocycles. The third-order valence-corrected chi connectivity index (χ3v) is 8.85. The molecule has 152 valence electrons. The van der Waals surface area contributed by atoms with Crippen LogP contribution in [0.2, 0.25) is 0 Å². The molecule has 4 aliphatic carbocycles. The number of aryl methyl sites for hydroxylation is 1. The summed E-state index contributed by atoms with van der Waals surface area (Å²) >= 11 is 0. The monoisotopic (exact) mass is 390 g/mol. The van der Waals surface area contributed by atoms with E-state index < -0.39 is 5.60 Å². The van der Waals surface area contributed by atoms with Crippen molar-refractivity contribution in [3.63, 3.8) is 0 Å². The molecule has 6 atom stereocenters. The summed E-state index contributed by atoms with van der Waals surface area (Å²) in [7, 11) is 0. The molecule has 1 aromatic heterocycles. The van der Waals surface area contributed by atoms with Gasteiger partial charge in [0.05, 0.1) is 0 Å². The molecule has 3 nitrogen and oxygen atoms in total. The summed E-state index contributed by atoms with van der Waals surface area (Å²) in [5.74, 6) is 5.60. The van der Waals surface area contributed by atoms with Gasteiger partial charge >= 0.3 is 0 Å². The molecule has 0 amide bonds. The fourth-order valence-corrected chi connectivity index (χ4v) is 6.95. The van der Waals surface area contributed by atoms with Gasteiger partial charge in [-0.1, -0.05) is 43.1 Å². The van der Waals surface area contributed by atoms with E-state index >= 15 is 0 Å². The molecule has 0 saturated heterocycles. The van der Waals surface area contributed by atoms with E-state index in [9.17, 15) is 9.90 Å². The summed E-state index contributed by atoms with van der Waals surface area (Å²) in [6, 6.07) is 4.10. The van der Waals surface area contributed by atoms with Crippen LogP contribution in [-0.2, 0) is 4.79 Å². The molecule has 2 fully saturated rings. The number of fused-ring (bicyclic) bond motifs is 5. The molecule has 0 radical (unpaired) electrons. The van der Waals surface area contributed by atoms with Crippen LogP contribution in [0.3, 0.4) is 0 Å². The van der Waals surface area contributed by atoms with Gasteiger partial charge in [-0.3, -0.25) is 4.79 Å². The van der Waals surface area contributed by atoms with E-state index in [4.69, 9.17) is 10.8 Å². The normalized spacial score (nSPS) is 43.6. The van der Waals surface area contributed by atoms with Crippen LogP contribution in [0, 0.1) is 41.9 Å². The first kappa shape index (κ1) is 18.9. The summed E-state index contributed by atoms with van der Waals surface area (Å²) in [5, 5.41) is 11.3. The van der Waals surface area contributed by atoms with Gasteiger partial charge in [-0.15, -0.1) is 6.42 Å². The Hall–Kier alpha value is -2.05. The fraction of sp³-hybridized carbons (Fsp3) is 0.577. The molecule has 5 rings (SSSR count). The van der Waals surface area contributed by atoms with E-state index in [2.05, 4.69) is 38.0 Å². The van der Waals surface area contributed by atoms with E-state index in [-0.39, 0.29) is 22.7 Å². The van der Waals surface area contributed by atoms with Crippen LogP contribution in [-0.4, -0.2) is 16.5 Å². The van der Waals surface area contributed by atoms with Gasteiger partial charge in [0, 0.05) is 29.6 Å². The molecule has 1 N–H and O–H groups in total. The van der Waals surface area contributed by atoms with Gasteiger partial charge in [0.1, 0.15) is 22.9 Å². The Morgan fingerprint density at radius 2 is 2.07 bits per heavy atom. The van der Waals surface area contributed by atoms with Crippen LogP contribution in [0.25, 0.3) is 0 Å². The van der Waals surface area contributed by atoms with Crippen LogP contribution in [0.4, 0.5) is 0 Å². The van der Waals surface area contributed by atoms with E-state index in [1.165, 1.54) is 11.1 Å². The summed E-state index contributed by atoms with van der Waals surface area (Å²) < 4.78 is 6.11. The highest BCUT2D eigenvalue weighted by molar-refractivity contribution is 5.83. The van der Waals surface area contributed by atoms with E-state index in [0.717, 1.165) is 30.8 Å². The zero-order chi connectivity index (χ0) is 20.6. The summed E-state index contributed by atoms with van der Waals surface area (Å²) in [4.78, 5) is 12.3. The first-order chi connectivity index (χ1) is 13.7. The summed E-state index contributed by atoms with van der Waals surface area (Å²) in [5.41, 5.74) is 1.25. The first-order valence-electron chi connectivity index (χ1n) is 10.9. The van der Waals surface area contributed by atoms with Crippen LogP contribution in [0.1, 0.15) is 69.8 Å². The minimum absolute atomic E-state index is 0.0606. The quantitative estimate of drug-likeness (QED) is 0.536. The molecule has 1 aromatic rings. The average Bonchev–Trinajstić information content (AvgIpc) is 3.23. The molecule has 2 saturated carbocycles. The Balaban J connectivity index is 1.70. The Bertz CT molecular complexity index is 988. The molecule has 1 heterocycles. The van der Waals surface area contributed by atoms with Crippen LogP contribution < -0.4 is 0 Å². The van der Waals surface area contributed by atoms with Gasteiger partial charge in [0.25, 0.3) is 0 Å². The molecule has 3 heteroatoms. The third kappa shape index (κ3) is 2.39. The van der Waals surface area contributed by atoms with Crippen molar-refractivity contribution in [3.8, 4) is 12.3 Å². The van der Waals surface area contributed by atoms with E-state index in [1.54, 1.807) is 0 Å². The number of hydrogen-bond donors (Lipinski definition) is 1. The second kappa shape index (κ2) is 5.99. The Labute approximate surface area is 173 Å². The van der Waals surface area contributed by atoms with Gasteiger partial charge in [-0.25, -0.2) is 0 Å². The predicted molar refractivity (Wildman–Crippen MR) is 112 cm³/mol. The van der Waals surface area contributed by atoms with Crippen molar-refractivity contribution in [1.29, 1.82) is 0 Å². The molecule has 29 heavy (non-hydrogen) atoms. The number of rotatable bonds is 1. The number of Topliss-reactive ketones (excluding diaryl/α,β-unsaturated/α-hetero) is 1. The number of hydrogen-bond acceptors (Lipinski definition) is 3. The van der Waals surface area contributed by atoms with E-state index in [0.29, 0.717) is 31.0 Å². The molecular weight excluding hydrogens is 360 g/mol. The highest BCUT2D eigenvalue weighted by Crippen LogP contribution is 2.67. The van der Waals surface area contributed by atoms with Crippen molar-refractivity contribution in [3.05, 3.63) is 47.0 Å². The predicted octanol–water partition coefficient (Wildman–Crippen LogP) is 5.10. The standard InChI is InChI=1S/C26H30O3/c1-5-26(28)13-10-21-23-19(22-7-6-16(2)29-22)15-17-14-18(27)8-11-24(17,3)20(23)9-12-25(21,26)4/h1,6-7,9,15,19,21,23,28H,8,10-14H2,2-4H3/t19?,21?,23?,24-,25-,26-/m0/s1. The van der Waals surface area contributed by atoms with E-state index in [1.807, 2.05) is 13.0 Å². The molecule has 0 spiro atoms. The molecule has 4 aliphatic rings. The van der Waals surface area contributed by atoms with Gasteiger partial charge in [0.2, 0.25) is 0 Å². The largest absolute Gasteiger partial charge is 0.466 e. The fourth-order valence-electron chi connectivity index (χ4n) is 6.95. The molecule has 3 unspecified atom stereocenters. The second-order valence-electron chi connectivity index (χ2n) is 10.2. The Morgan fingerprint density at radius 1 is 1.28 bits per heavy atom. The average molecular weight is 391 g/mol. The van der Waals surface area contributed by atoms with Crippen LogP contribution in [0.5, 0.6) is 0 Å². The number of aliphatic hydroxyl groups is 1.